The number of carbonyl (C=O) groups excluding carboxylic acids is 5. The Morgan fingerprint density at radius 2 is 1.07 bits per heavy atom. The average Bonchev–Trinajstić information content (AvgIpc) is 2.98. The molecule has 1 aromatic rings. The molecule has 0 unspecified atom stereocenters. The van der Waals surface area contributed by atoms with E-state index in [1.807, 2.05) is 5.32 Å². The molecule has 11 N–H and O–H groups in total. The van der Waals surface area contributed by atoms with Crippen LogP contribution in [0.3, 0.4) is 0 Å². The zero-order valence-corrected chi connectivity index (χ0v) is 24.6. The molecule has 0 spiro atoms. The Balaban J connectivity index is 2.97. The summed E-state index contributed by atoms with van der Waals surface area (Å²) in [7, 11) is 0. The molecule has 0 saturated carbocycles. The summed E-state index contributed by atoms with van der Waals surface area (Å²) >= 11 is 3.93. The third-order valence-corrected chi connectivity index (χ3v) is 6.55. The first-order valence-electron chi connectivity index (χ1n) is 13.3. The maximum atomic E-state index is 13.2. The van der Waals surface area contributed by atoms with Gasteiger partial charge in [-0.3, -0.25) is 24.0 Å². The highest BCUT2D eigenvalue weighted by atomic mass is 32.1. The standard InChI is InChI=1S/C26H40N6O10S/c1-13(2)20(27)25(40)28-15(8-14-6-4-3-5-7-14)21(36)29-16(9-33)22(37)30-17(10-34)23(38)32-19(12-43)24(39)31-18(11-35)26(41)42/h3-7,13,15-20,33-35,43H,8-12,27H2,1-2H3,(H,28,40)(H,29,36)(H,30,37)(H,31,39)(H,32,38)(H,41,42)/t15-,16-,17-,18-,19-,20-/m0/s1. The predicted molar refractivity (Wildman–Crippen MR) is 155 cm³/mol. The molecule has 0 aliphatic rings. The molecule has 0 radical (unpaired) electrons. The Hall–Kier alpha value is -3.77. The summed E-state index contributed by atoms with van der Waals surface area (Å²) < 4.78 is 0. The molecule has 0 aliphatic heterocycles. The Labute approximate surface area is 253 Å². The van der Waals surface area contributed by atoms with Crippen molar-refractivity contribution >= 4 is 48.1 Å². The van der Waals surface area contributed by atoms with Crippen LogP contribution in [-0.2, 0) is 35.2 Å². The van der Waals surface area contributed by atoms with Crippen molar-refractivity contribution in [3.63, 3.8) is 0 Å². The lowest BCUT2D eigenvalue weighted by atomic mass is 10.0. The van der Waals surface area contributed by atoms with Gasteiger partial charge < -0.3 is 52.7 Å². The number of thiol groups is 1. The van der Waals surface area contributed by atoms with E-state index in [1.54, 1.807) is 44.2 Å². The molecule has 0 fully saturated rings. The zero-order chi connectivity index (χ0) is 32.7. The number of amides is 5. The number of nitrogens with one attached hydrogen (secondary N) is 5. The second-order valence-electron chi connectivity index (χ2n) is 9.83. The lowest BCUT2D eigenvalue weighted by Crippen LogP contribution is -2.61. The SMILES string of the molecule is CC(C)[C@H](N)C(=O)N[C@@H](Cc1ccccc1)C(=O)N[C@@H](CO)C(=O)N[C@@H](CO)C(=O)N[C@@H](CS)C(=O)N[C@@H](CO)C(=O)O. The number of benzene rings is 1. The Bertz CT molecular complexity index is 1110. The number of rotatable bonds is 18. The van der Waals surface area contributed by atoms with Crippen LogP contribution in [0.1, 0.15) is 19.4 Å². The van der Waals surface area contributed by atoms with Crippen LogP contribution in [-0.4, -0.2) is 118 Å². The molecular formula is C26H40N6O10S. The van der Waals surface area contributed by atoms with Crippen LogP contribution in [0.4, 0.5) is 0 Å². The zero-order valence-electron chi connectivity index (χ0n) is 23.7. The molecule has 1 rings (SSSR count). The summed E-state index contributed by atoms with van der Waals surface area (Å²) in [5, 5.41) is 48.8. The highest BCUT2D eigenvalue weighted by Crippen LogP contribution is 2.06. The molecule has 17 heteroatoms. The first-order chi connectivity index (χ1) is 20.3. The summed E-state index contributed by atoms with van der Waals surface area (Å²) in [4.78, 5) is 74.7. The fourth-order valence-corrected chi connectivity index (χ4v) is 3.74. The van der Waals surface area contributed by atoms with Gasteiger partial charge in [0, 0.05) is 12.2 Å². The van der Waals surface area contributed by atoms with E-state index >= 15 is 0 Å². The number of nitrogens with two attached hydrogens (primary N) is 1. The number of carbonyl (C=O) groups is 6. The molecule has 43 heavy (non-hydrogen) atoms. The number of hydrogen-bond donors (Lipinski definition) is 11. The Morgan fingerprint density at radius 1 is 0.674 bits per heavy atom. The highest BCUT2D eigenvalue weighted by Gasteiger charge is 2.32. The quantitative estimate of drug-likeness (QED) is 0.0691. The monoisotopic (exact) mass is 628 g/mol. The second-order valence-corrected chi connectivity index (χ2v) is 10.2. The molecule has 1 aromatic carbocycles. The molecule has 0 saturated heterocycles. The second kappa shape index (κ2) is 18.7. The molecule has 5 amide bonds. The number of hydrogen-bond acceptors (Lipinski definition) is 11. The highest BCUT2D eigenvalue weighted by molar-refractivity contribution is 7.80. The van der Waals surface area contributed by atoms with Crippen LogP contribution >= 0.6 is 12.6 Å². The number of aliphatic hydroxyl groups excluding tert-OH is 3. The van der Waals surface area contributed by atoms with Crippen molar-refractivity contribution < 1.29 is 49.2 Å². The molecule has 6 atom stereocenters. The van der Waals surface area contributed by atoms with Gasteiger partial charge in [-0.1, -0.05) is 44.2 Å². The smallest absolute Gasteiger partial charge is 0.328 e. The van der Waals surface area contributed by atoms with Crippen molar-refractivity contribution in [1.29, 1.82) is 0 Å². The van der Waals surface area contributed by atoms with Gasteiger partial charge in [-0.25, -0.2) is 4.79 Å². The summed E-state index contributed by atoms with van der Waals surface area (Å²) in [5.41, 5.74) is 6.59. The normalized spacial score (nSPS) is 15.2. The van der Waals surface area contributed by atoms with Crippen LogP contribution in [0.5, 0.6) is 0 Å². The molecular weight excluding hydrogens is 588 g/mol. The van der Waals surface area contributed by atoms with Gasteiger partial charge in [0.25, 0.3) is 0 Å². The minimum atomic E-state index is -1.66. The summed E-state index contributed by atoms with van der Waals surface area (Å²) in [5.74, 6) is -6.66. The van der Waals surface area contributed by atoms with E-state index in [0.29, 0.717) is 5.56 Å². The first-order valence-corrected chi connectivity index (χ1v) is 13.9. The summed E-state index contributed by atoms with van der Waals surface area (Å²) in [6.45, 7) is 0.650. The third-order valence-electron chi connectivity index (χ3n) is 6.18. The van der Waals surface area contributed by atoms with E-state index < -0.39 is 91.6 Å². The lowest BCUT2D eigenvalue weighted by Gasteiger charge is -2.26. The van der Waals surface area contributed by atoms with Crippen molar-refractivity contribution in [2.75, 3.05) is 25.6 Å². The number of aliphatic hydroxyl groups is 3. The largest absolute Gasteiger partial charge is 0.480 e. The molecule has 0 aromatic heterocycles. The van der Waals surface area contributed by atoms with Gasteiger partial charge >= 0.3 is 5.97 Å². The van der Waals surface area contributed by atoms with E-state index in [0.717, 1.165) is 0 Å². The average molecular weight is 629 g/mol. The van der Waals surface area contributed by atoms with Gasteiger partial charge in [0.05, 0.1) is 25.9 Å². The number of carboxylic acid groups (broad SMARTS) is 1. The van der Waals surface area contributed by atoms with Crippen LogP contribution in [0, 0.1) is 5.92 Å². The van der Waals surface area contributed by atoms with Crippen LogP contribution in [0.15, 0.2) is 30.3 Å². The topological polar surface area (TPSA) is 270 Å². The molecule has 0 heterocycles. The minimum absolute atomic E-state index is 0.0247. The predicted octanol–water partition coefficient (Wildman–Crippen LogP) is -4.37. The molecule has 0 aliphatic carbocycles. The van der Waals surface area contributed by atoms with Crippen molar-refractivity contribution in [2.45, 2.75) is 56.5 Å². The fraction of sp³-hybridized carbons (Fsp3) is 0.538. The Morgan fingerprint density at radius 3 is 1.49 bits per heavy atom. The number of carboxylic acids is 1. The van der Waals surface area contributed by atoms with Gasteiger partial charge in [-0.2, -0.15) is 12.6 Å². The van der Waals surface area contributed by atoms with E-state index in [2.05, 4.69) is 33.9 Å². The molecule has 16 nitrogen and oxygen atoms in total. The minimum Gasteiger partial charge on any atom is -0.480 e. The van der Waals surface area contributed by atoms with Crippen molar-refractivity contribution in [2.24, 2.45) is 11.7 Å². The van der Waals surface area contributed by atoms with Gasteiger partial charge in [0.1, 0.15) is 30.2 Å². The Kier molecular flexibility index (Phi) is 16.2. The van der Waals surface area contributed by atoms with E-state index in [4.69, 9.17) is 15.9 Å². The molecule has 240 valence electrons. The van der Waals surface area contributed by atoms with Crippen molar-refractivity contribution in [1.82, 2.24) is 26.6 Å². The fourth-order valence-electron chi connectivity index (χ4n) is 3.49. The van der Waals surface area contributed by atoms with E-state index in [9.17, 15) is 39.0 Å². The van der Waals surface area contributed by atoms with Crippen molar-refractivity contribution in [3.05, 3.63) is 35.9 Å². The van der Waals surface area contributed by atoms with E-state index in [-0.39, 0.29) is 18.1 Å². The molecule has 0 bridgehead atoms. The van der Waals surface area contributed by atoms with Gasteiger partial charge in [0.15, 0.2) is 0 Å². The van der Waals surface area contributed by atoms with Crippen molar-refractivity contribution in [3.8, 4) is 0 Å². The van der Waals surface area contributed by atoms with Crippen LogP contribution in [0.2, 0.25) is 0 Å². The lowest BCUT2D eigenvalue weighted by molar-refractivity contribution is -0.143. The van der Waals surface area contributed by atoms with Crippen LogP contribution < -0.4 is 32.3 Å². The maximum Gasteiger partial charge on any atom is 0.328 e. The third kappa shape index (κ3) is 12.2. The van der Waals surface area contributed by atoms with Gasteiger partial charge in [-0.05, 0) is 11.5 Å². The van der Waals surface area contributed by atoms with Gasteiger partial charge in [0.2, 0.25) is 29.5 Å². The summed E-state index contributed by atoms with van der Waals surface area (Å²) in [6.07, 6.45) is 0.0247. The maximum absolute atomic E-state index is 13.2. The van der Waals surface area contributed by atoms with Crippen LogP contribution in [0.25, 0.3) is 0 Å². The number of aliphatic carboxylic acids is 1. The van der Waals surface area contributed by atoms with E-state index in [1.165, 1.54) is 0 Å². The van der Waals surface area contributed by atoms with Gasteiger partial charge in [-0.15, -0.1) is 0 Å². The first kappa shape index (κ1) is 37.3. The summed E-state index contributed by atoms with van der Waals surface area (Å²) in [6, 6.07) is 0.213.